The number of aliphatic hydroxyl groups excluding tert-OH is 2. The molecule has 0 saturated heterocycles. The van der Waals surface area contributed by atoms with Gasteiger partial charge < -0.3 is 20.3 Å². The van der Waals surface area contributed by atoms with Crippen molar-refractivity contribution in [2.45, 2.75) is 437 Å². The molecule has 0 bridgehead atoms. The van der Waals surface area contributed by atoms with E-state index in [1.807, 2.05) is 6.08 Å². The Kier molecular flexibility index (Phi) is 71.9. The highest BCUT2D eigenvalue weighted by Crippen LogP contribution is 2.19. The van der Waals surface area contributed by atoms with Crippen molar-refractivity contribution in [3.8, 4) is 0 Å². The first kappa shape index (κ1) is 82.1. The second-order valence-electron chi connectivity index (χ2n) is 26.3. The van der Waals surface area contributed by atoms with Crippen LogP contribution in [0.2, 0.25) is 0 Å². The summed E-state index contributed by atoms with van der Waals surface area (Å²) in [6, 6.07) is -0.632. The number of hydrogen-bond acceptors (Lipinski definition) is 5. The summed E-state index contributed by atoms with van der Waals surface area (Å²) in [7, 11) is 0. The van der Waals surface area contributed by atoms with Gasteiger partial charge in [-0.1, -0.05) is 384 Å². The molecule has 0 aliphatic carbocycles. The van der Waals surface area contributed by atoms with Crippen LogP contribution < -0.4 is 5.32 Å². The SMILES string of the molecule is CCCCCCCCCCCCCCCCCCCCCCCC/C=C/C(O)C(CO)NC(=O)CCCCCCCCCCCCC/C=C\C/C=C\CCCCCCCCCCCOC(=O)CCCCCCCCCCCCCCCCCC. The first-order valence-electron chi connectivity index (χ1n) is 38.3. The van der Waals surface area contributed by atoms with E-state index in [1.54, 1.807) is 6.08 Å². The van der Waals surface area contributed by atoms with Crippen LogP contribution in [-0.2, 0) is 14.3 Å². The van der Waals surface area contributed by atoms with Crippen LogP contribution in [0.3, 0.4) is 0 Å². The smallest absolute Gasteiger partial charge is 0.305 e. The van der Waals surface area contributed by atoms with Gasteiger partial charge in [0.05, 0.1) is 25.4 Å². The minimum atomic E-state index is -0.849. The number of nitrogens with one attached hydrogen (secondary N) is 1. The third-order valence-electron chi connectivity index (χ3n) is 17.9. The summed E-state index contributed by atoms with van der Waals surface area (Å²) in [5, 5.41) is 23.3. The van der Waals surface area contributed by atoms with Gasteiger partial charge in [-0.05, 0) is 64.2 Å². The predicted molar refractivity (Wildman–Crippen MR) is 370 cm³/mol. The van der Waals surface area contributed by atoms with Gasteiger partial charge in [0.25, 0.3) is 0 Å². The average molecular weight is 1180 g/mol. The van der Waals surface area contributed by atoms with Gasteiger partial charge in [-0.3, -0.25) is 9.59 Å². The lowest BCUT2D eigenvalue weighted by atomic mass is 10.0. The molecule has 2 unspecified atom stereocenters. The van der Waals surface area contributed by atoms with Gasteiger partial charge in [0.1, 0.15) is 0 Å². The van der Waals surface area contributed by atoms with Crippen molar-refractivity contribution < 1.29 is 24.5 Å². The summed E-state index contributed by atoms with van der Waals surface area (Å²) in [6.07, 6.45) is 95.3. The molecule has 6 nitrogen and oxygen atoms in total. The lowest BCUT2D eigenvalue weighted by Crippen LogP contribution is -2.45. The second-order valence-corrected chi connectivity index (χ2v) is 26.3. The van der Waals surface area contributed by atoms with E-state index < -0.39 is 12.1 Å². The first-order valence-corrected chi connectivity index (χ1v) is 38.3. The standard InChI is InChI=1S/C78H149NO5/c1-3-5-7-9-11-13-15-17-19-21-22-23-24-30-33-36-39-42-46-50-54-58-62-66-70-76(81)75(74-80)79-77(82)71-67-63-59-55-51-47-43-40-37-34-31-28-26-25-27-29-32-35-38-41-45-49-53-57-61-65-69-73-84-78(83)72-68-64-60-56-52-48-44-20-18-16-14-12-10-8-6-4-2/h25-26,29,32,66,70,75-76,80-81H,3-24,27-28,30-31,33-65,67-69,71-74H2,1-2H3,(H,79,82)/b26-25-,32-29-,70-66+. The highest BCUT2D eigenvalue weighted by Gasteiger charge is 2.18. The van der Waals surface area contributed by atoms with Crippen LogP contribution in [0, 0.1) is 0 Å². The summed E-state index contributed by atoms with van der Waals surface area (Å²) in [5.41, 5.74) is 0. The number of unbranched alkanes of at least 4 members (excludes halogenated alkanes) is 57. The molecule has 2 atom stereocenters. The van der Waals surface area contributed by atoms with E-state index >= 15 is 0 Å². The first-order chi connectivity index (χ1) is 41.5. The number of esters is 1. The average Bonchev–Trinajstić information content (AvgIpc) is 3.51. The summed E-state index contributed by atoms with van der Waals surface area (Å²) < 4.78 is 5.50. The predicted octanol–water partition coefficient (Wildman–Crippen LogP) is 25.0. The quantitative estimate of drug-likeness (QED) is 0.0320. The zero-order valence-electron chi connectivity index (χ0n) is 56.9. The monoisotopic (exact) mass is 1180 g/mol. The van der Waals surface area contributed by atoms with E-state index in [0.29, 0.717) is 19.4 Å². The molecule has 0 aromatic carbocycles. The van der Waals surface area contributed by atoms with Crippen molar-refractivity contribution in [2.24, 2.45) is 0 Å². The van der Waals surface area contributed by atoms with Gasteiger partial charge >= 0.3 is 5.97 Å². The number of ether oxygens (including phenoxy) is 1. The number of amides is 1. The van der Waals surface area contributed by atoms with Crippen LogP contribution >= 0.6 is 0 Å². The molecule has 84 heavy (non-hydrogen) atoms. The molecule has 0 heterocycles. The molecule has 0 spiro atoms. The molecule has 3 N–H and O–H groups in total. The van der Waals surface area contributed by atoms with Gasteiger partial charge in [0.2, 0.25) is 5.91 Å². The summed E-state index contributed by atoms with van der Waals surface area (Å²) in [6.45, 7) is 4.95. The van der Waals surface area contributed by atoms with Crippen LogP contribution in [0.15, 0.2) is 36.5 Å². The van der Waals surface area contributed by atoms with Gasteiger partial charge in [0, 0.05) is 12.8 Å². The maximum absolute atomic E-state index is 12.5. The second kappa shape index (κ2) is 73.5. The number of carbonyl (C=O) groups is 2. The minimum Gasteiger partial charge on any atom is -0.466 e. The number of aliphatic hydroxyl groups is 2. The highest BCUT2D eigenvalue weighted by atomic mass is 16.5. The maximum atomic E-state index is 12.5. The molecular weight excluding hydrogens is 1030 g/mol. The van der Waals surface area contributed by atoms with Gasteiger partial charge in [-0.25, -0.2) is 0 Å². The Balaban J connectivity index is 3.43. The van der Waals surface area contributed by atoms with E-state index in [1.165, 1.54) is 353 Å². The molecule has 0 saturated carbocycles. The molecule has 6 heteroatoms. The summed E-state index contributed by atoms with van der Waals surface area (Å²) >= 11 is 0. The Morgan fingerprint density at radius 3 is 0.905 bits per heavy atom. The van der Waals surface area contributed by atoms with Crippen molar-refractivity contribution in [3.63, 3.8) is 0 Å². The van der Waals surface area contributed by atoms with Crippen LogP contribution in [0.4, 0.5) is 0 Å². The zero-order valence-corrected chi connectivity index (χ0v) is 56.9. The van der Waals surface area contributed by atoms with Crippen LogP contribution in [0.5, 0.6) is 0 Å². The molecule has 0 radical (unpaired) electrons. The van der Waals surface area contributed by atoms with Crippen LogP contribution in [0.25, 0.3) is 0 Å². The lowest BCUT2D eigenvalue weighted by molar-refractivity contribution is -0.143. The third-order valence-corrected chi connectivity index (χ3v) is 17.9. The normalized spacial score (nSPS) is 12.7. The fourth-order valence-electron chi connectivity index (χ4n) is 12.1. The fraction of sp³-hybridized carbons (Fsp3) is 0.897. The number of rotatable bonds is 72. The topological polar surface area (TPSA) is 95.9 Å². The van der Waals surface area contributed by atoms with Crippen LogP contribution in [-0.4, -0.2) is 47.4 Å². The number of hydrogen-bond donors (Lipinski definition) is 3. The van der Waals surface area contributed by atoms with Crippen molar-refractivity contribution >= 4 is 11.9 Å². The molecule has 496 valence electrons. The Morgan fingerprint density at radius 1 is 0.333 bits per heavy atom. The highest BCUT2D eigenvalue weighted by molar-refractivity contribution is 5.76. The third kappa shape index (κ3) is 69.2. The lowest BCUT2D eigenvalue weighted by Gasteiger charge is -2.20. The van der Waals surface area contributed by atoms with Crippen molar-refractivity contribution in [1.29, 1.82) is 0 Å². The summed E-state index contributed by atoms with van der Waals surface area (Å²) in [4.78, 5) is 24.6. The van der Waals surface area contributed by atoms with Gasteiger partial charge in [-0.15, -0.1) is 0 Å². The van der Waals surface area contributed by atoms with Crippen molar-refractivity contribution in [1.82, 2.24) is 5.32 Å². The Labute approximate surface area is 525 Å². The Morgan fingerprint density at radius 2 is 0.595 bits per heavy atom. The summed E-state index contributed by atoms with van der Waals surface area (Å²) in [5.74, 6) is -0.0522. The van der Waals surface area contributed by atoms with Crippen molar-refractivity contribution in [3.05, 3.63) is 36.5 Å². The van der Waals surface area contributed by atoms with E-state index in [0.717, 1.165) is 44.9 Å². The van der Waals surface area contributed by atoms with E-state index in [4.69, 9.17) is 4.74 Å². The fourth-order valence-corrected chi connectivity index (χ4v) is 12.1. The van der Waals surface area contributed by atoms with Gasteiger partial charge in [-0.2, -0.15) is 0 Å². The molecule has 1 amide bonds. The van der Waals surface area contributed by atoms with E-state index in [-0.39, 0.29) is 18.5 Å². The molecule has 0 aliphatic rings. The van der Waals surface area contributed by atoms with E-state index in [2.05, 4.69) is 43.5 Å². The number of carbonyl (C=O) groups excluding carboxylic acids is 2. The Hall–Kier alpha value is -1.92. The van der Waals surface area contributed by atoms with Crippen LogP contribution in [0.1, 0.15) is 425 Å². The largest absolute Gasteiger partial charge is 0.466 e. The molecule has 0 aliphatic heterocycles. The molecule has 0 rings (SSSR count). The van der Waals surface area contributed by atoms with Gasteiger partial charge in [0.15, 0.2) is 0 Å². The molecule has 0 fully saturated rings. The minimum absolute atomic E-state index is 0.0145. The Bertz CT molecular complexity index is 1360. The maximum Gasteiger partial charge on any atom is 0.305 e. The molecule has 0 aromatic heterocycles. The number of allylic oxidation sites excluding steroid dienone is 5. The van der Waals surface area contributed by atoms with Crippen molar-refractivity contribution in [2.75, 3.05) is 13.2 Å². The zero-order chi connectivity index (χ0) is 60.6. The molecular formula is C78H149NO5. The molecule has 0 aromatic rings. The van der Waals surface area contributed by atoms with E-state index in [9.17, 15) is 19.8 Å².